The second kappa shape index (κ2) is 6.25. The number of aromatic nitrogens is 4. The van der Waals surface area contributed by atoms with E-state index in [4.69, 9.17) is 15.5 Å². The largest absolute Gasteiger partial charge is 0.384 e. The highest BCUT2D eigenvalue weighted by atomic mass is 31.2. The number of nitrogen functional groups attached to an aromatic ring is 1. The quantitative estimate of drug-likeness (QED) is 0.508. The van der Waals surface area contributed by atoms with Crippen LogP contribution in [0.15, 0.2) is 41.0 Å². The van der Waals surface area contributed by atoms with Crippen molar-refractivity contribution in [1.29, 1.82) is 0 Å². The van der Waals surface area contributed by atoms with Crippen LogP contribution in [-0.2, 0) is 11.1 Å². The molecule has 0 aliphatic rings. The average Bonchev–Trinajstić information content (AvgIpc) is 2.91. The van der Waals surface area contributed by atoms with Gasteiger partial charge in [-0.1, -0.05) is 24.3 Å². The van der Waals surface area contributed by atoms with Crippen molar-refractivity contribution in [2.75, 3.05) is 5.73 Å². The van der Waals surface area contributed by atoms with Crippen molar-refractivity contribution in [2.24, 2.45) is 0 Å². The summed E-state index contributed by atoms with van der Waals surface area (Å²) in [5.74, 6) is -0.0695. The summed E-state index contributed by atoms with van der Waals surface area (Å²) in [6.45, 7) is 0.146. The number of benzene rings is 1. The van der Waals surface area contributed by atoms with Gasteiger partial charge in [0.1, 0.15) is 0 Å². The lowest BCUT2D eigenvalue weighted by atomic mass is 10.1. The minimum Gasteiger partial charge on any atom is -0.369 e. The molecule has 2 heterocycles. The van der Waals surface area contributed by atoms with Crippen LogP contribution in [0.25, 0.3) is 17.2 Å². The van der Waals surface area contributed by atoms with E-state index in [0.717, 1.165) is 6.08 Å². The molecule has 0 aliphatic carbocycles. The first-order valence-corrected chi connectivity index (χ1v) is 8.59. The Bertz CT molecular complexity index is 1080. The van der Waals surface area contributed by atoms with Gasteiger partial charge in [0, 0.05) is 0 Å². The molecule has 25 heavy (non-hydrogen) atoms. The Morgan fingerprint density at radius 1 is 1.40 bits per heavy atom. The van der Waals surface area contributed by atoms with Gasteiger partial charge in [-0.05, 0) is 17.2 Å². The van der Waals surface area contributed by atoms with Gasteiger partial charge in [0.25, 0.3) is 5.56 Å². The number of halogens is 1. The molecule has 9 nitrogen and oxygen atoms in total. The van der Waals surface area contributed by atoms with E-state index in [9.17, 15) is 13.8 Å². The number of nitrogens with zero attached hydrogens (tertiary/aromatic N) is 3. The molecule has 0 saturated heterocycles. The maximum absolute atomic E-state index is 13.6. The van der Waals surface area contributed by atoms with E-state index >= 15 is 0 Å². The lowest BCUT2D eigenvalue weighted by molar-refractivity contribution is 0.369. The lowest BCUT2D eigenvalue weighted by Gasteiger charge is -2.08. The summed E-state index contributed by atoms with van der Waals surface area (Å²) in [4.78, 5) is 39.9. The number of hydrogen-bond acceptors (Lipinski definition) is 5. The Morgan fingerprint density at radius 3 is 2.84 bits per heavy atom. The number of nitrogens with one attached hydrogen (secondary N) is 1. The summed E-state index contributed by atoms with van der Waals surface area (Å²) < 4.78 is 26.1. The standard InChI is InChI=1S/C14H13FN5O4P/c15-10(25(22,23)24)5-8-3-1-2-4-9(8)6-20-7-17-11-12(20)18-14(16)19-13(11)21/h1-5,7H,6H2,(H2,22,23,24)(H3,16,18,19,21). The summed E-state index contributed by atoms with van der Waals surface area (Å²) in [6.07, 6.45) is 2.16. The molecule has 0 bridgehead atoms. The Hall–Kier alpha value is -2.81. The molecule has 0 amide bonds. The van der Waals surface area contributed by atoms with E-state index in [1.54, 1.807) is 18.2 Å². The zero-order chi connectivity index (χ0) is 18.2. The summed E-state index contributed by atoms with van der Waals surface area (Å²) in [5.41, 5.74) is 4.69. The minimum absolute atomic E-state index is 0.0695. The van der Waals surface area contributed by atoms with Gasteiger partial charge in [0.2, 0.25) is 11.5 Å². The lowest BCUT2D eigenvalue weighted by Crippen LogP contribution is -2.12. The molecule has 0 fully saturated rings. The Balaban J connectivity index is 2.06. The molecule has 5 N–H and O–H groups in total. The second-order valence-electron chi connectivity index (χ2n) is 5.21. The molecule has 0 saturated carbocycles. The molecule has 11 heteroatoms. The zero-order valence-electron chi connectivity index (χ0n) is 12.6. The van der Waals surface area contributed by atoms with Crippen LogP contribution < -0.4 is 11.3 Å². The summed E-state index contributed by atoms with van der Waals surface area (Å²) in [7, 11) is -4.96. The van der Waals surface area contributed by atoms with Gasteiger partial charge >= 0.3 is 7.60 Å². The molecule has 0 unspecified atom stereocenters. The van der Waals surface area contributed by atoms with Crippen LogP contribution in [-0.4, -0.2) is 29.3 Å². The number of rotatable bonds is 4. The SMILES string of the molecule is Nc1nc2c(ncn2Cc2ccccc2C=C(F)P(=O)(O)O)c(=O)[nH]1. The third-order valence-electron chi connectivity index (χ3n) is 3.44. The predicted octanol–water partition coefficient (Wildman–Crippen LogP) is 1.20. The first-order chi connectivity index (χ1) is 11.8. The van der Waals surface area contributed by atoms with Crippen molar-refractivity contribution in [3.8, 4) is 0 Å². The third kappa shape index (κ3) is 3.50. The predicted molar refractivity (Wildman–Crippen MR) is 89.2 cm³/mol. The topological polar surface area (TPSA) is 147 Å². The smallest absolute Gasteiger partial charge is 0.369 e. The number of H-pyrrole nitrogens is 1. The van der Waals surface area contributed by atoms with Gasteiger partial charge in [0.15, 0.2) is 11.2 Å². The van der Waals surface area contributed by atoms with E-state index in [1.807, 2.05) is 0 Å². The highest BCUT2D eigenvalue weighted by Crippen LogP contribution is 2.46. The highest BCUT2D eigenvalue weighted by molar-refractivity contribution is 7.56. The van der Waals surface area contributed by atoms with Crippen LogP contribution in [0.3, 0.4) is 0 Å². The van der Waals surface area contributed by atoms with Gasteiger partial charge in [-0.25, -0.2) is 4.98 Å². The molecule has 0 radical (unpaired) electrons. The fraction of sp³-hybridized carbons (Fsp3) is 0.0714. The van der Waals surface area contributed by atoms with Gasteiger partial charge in [0.05, 0.1) is 12.9 Å². The second-order valence-corrected chi connectivity index (χ2v) is 6.72. The maximum atomic E-state index is 13.6. The molecule has 2 aromatic heterocycles. The summed E-state index contributed by atoms with van der Waals surface area (Å²) >= 11 is 0. The fourth-order valence-electron chi connectivity index (χ4n) is 2.30. The third-order valence-corrected chi connectivity index (χ3v) is 4.13. The van der Waals surface area contributed by atoms with Gasteiger partial charge < -0.3 is 20.1 Å². The average molecular weight is 365 g/mol. The molecule has 3 rings (SSSR count). The monoisotopic (exact) mass is 365 g/mol. The minimum atomic E-state index is -4.96. The molecular formula is C14H13FN5O4P. The van der Waals surface area contributed by atoms with Crippen LogP contribution in [0.5, 0.6) is 0 Å². The van der Waals surface area contributed by atoms with Crippen LogP contribution in [0.1, 0.15) is 11.1 Å². The molecule has 3 aromatic rings. The number of nitrogens with two attached hydrogens (primary N) is 1. The van der Waals surface area contributed by atoms with Crippen LogP contribution in [0, 0.1) is 0 Å². The Kier molecular flexibility index (Phi) is 4.25. The number of hydrogen-bond donors (Lipinski definition) is 4. The van der Waals surface area contributed by atoms with Crippen LogP contribution >= 0.6 is 7.60 Å². The van der Waals surface area contributed by atoms with Gasteiger partial charge in [-0.3, -0.25) is 14.3 Å². The Morgan fingerprint density at radius 2 is 2.12 bits per heavy atom. The summed E-state index contributed by atoms with van der Waals surface area (Å²) in [6, 6.07) is 6.46. The van der Waals surface area contributed by atoms with Crippen LogP contribution in [0.4, 0.5) is 10.3 Å². The fourth-order valence-corrected chi connectivity index (χ4v) is 2.61. The van der Waals surface area contributed by atoms with Gasteiger partial charge in [-0.2, -0.15) is 9.37 Å². The van der Waals surface area contributed by atoms with E-state index in [-0.39, 0.29) is 29.2 Å². The van der Waals surface area contributed by atoms with Crippen molar-refractivity contribution in [1.82, 2.24) is 19.5 Å². The molecule has 0 aliphatic heterocycles. The normalized spacial score (nSPS) is 12.7. The highest BCUT2D eigenvalue weighted by Gasteiger charge is 2.21. The number of anilines is 1. The zero-order valence-corrected chi connectivity index (χ0v) is 13.5. The van der Waals surface area contributed by atoms with E-state index in [0.29, 0.717) is 5.56 Å². The van der Waals surface area contributed by atoms with Crippen molar-refractivity contribution in [3.05, 3.63) is 57.6 Å². The summed E-state index contributed by atoms with van der Waals surface area (Å²) in [5, 5.41) is 0. The van der Waals surface area contributed by atoms with E-state index in [2.05, 4.69) is 15.0 Å². The maximum Gasteiger partial charge on any atom is 0.384 e. The molecule has 1 aromatic carbocycles. The molecular weight excluding hydrogens is 352 g/mol. The van der Waals surface area contributed by atoms with E-state index in [1.165, 1.54) is 17.0 Å². The first kappa shape index (κ1) is 17.0. The number of imidazole rings is 1. The van der Waals surface area contributed by atoms with Crippen molar-refractivity contribution in [3.63, 3.8) is 0 Å². The van der Waals surface area contributed by atoms with Crippen molar-refractivity contribution < 1.29 is 18.7 Å². The molecule has 130 valence electrons. The Labute approximate surface area is 139 Å². The van der Waals surface area contributed by atoms with Crippen LogP contribution in [0.2, 0.25) is 0 Å². The first-order valence-electron chi connectivity index (χ1n) is 6.97. The number of aromatic amines is 1. The number of fused-ring (bicyclic) bond motifs is 1. The van der Waals surface area contributed by atoms with E-state index < -0.39 is 18.7 Å². The molecule has 0 spiro atoms. The van der Waals surface area contributed by atoms with Gasteiger partial charge in [-0.15, -0.1) is 0 Å². The van der Waals surface area contributed by atoms with Crippen molar-refractivity contribution >= 4 is 30.8 Å². The molecule has 0 atom stereocenters. The van der Waals surface area contributed by atoms with Crippen molar-refractivity contribution in [2.45, 2.75) is 6.54 Å².